The van der Waals surface area contributed by atoms with Gasteiger partial charge in [0.2, 0.25) is 5.75 Å². The molecule has 0 heterocycles. The number of carboxylic acid groups (broad SMARTS) is 1. The second-order valence-electron chi connectivity index (χ2n) is 7.45. The Morgan fingerprint density at radius 3 is 2.68 bits per heavy atom. The molecule has 0 spiro atoms. The SMILES string of the molecule is COc1cc2c(c(OCCCCC(=O)O)c1OC)C1=C(CCC1)C(=NNC=NN)CC2. The summed E-state index contributed by atoms with van der Waals surface area (Å²) in [5.41, 5.74) is 8.42. The van der Waals surface area contributed by atoms with Crippen molar-refractivity contribution < 1.29 is 24.1 Å². The highest BCUT2D eigenvalue weighted by atomic mass is 16.5. The molecule has 0 unspecified atom stereocenters. The minimum atomic E-state index is -0.798. The summed E-state index contributed by atoms with van der Waals surface area (Å²) >= 11 is 0. The number of fused-ring (bicyclic) bond motifs is 2. The van der Waals surface area contributed by atoms with Gasteiger partial charge in [-0.3, -0.25) is 10.2 Å². The number of ether oxygens (including phenoxy) is 3. The van der Waals surface area contributed by atoms with Crippen LogP contribution in [0.15, 0.2) is 21.8 Å². The van der Waals surface area contributed by atoms with E-state index in [1.807, 2.05) is 6.07 Å². The molecule has 0 aliphatic heterocycles. The van der Waals surface area contributed by atoms with Crippen molar-refractivity contribution in [1.82, 2.24) is 5.43 Å². The molecule has 9 nitrogen and oxygen atoms in total. The highest BCUT2D eigenvalue weighted by Crippen LogP contribution is 2.50. The van der Waals surface area contributed by atoms with E-state index in [9.17, 15) is 4.79 Å². The van der Waals surface area contributed by atoms with Crippen LogP contribution >= 0.6 is 0 Å². The fourth-order valence-corrected chi connectivity index (χ4v) is 4.24. The number of hydrazone groups is 2. The monoisotopic (exact) mass is 430 g/mol. The first-order valence-electron chi connectivity index (χ1n) is 10.5. The molecule has 168 valence electrons. The van der Waals surface area contributed by atoms with Gasteiger partial charge in [-0.1, -0.05) is 0 Å². The maximum Gasteiger partial charge on any atom is 0.303 e. The van der Waals surface area contributed by atoms with Crippen LogP contribution in [0.3, 0.4) is 0 Å². The molecule has 1 aromatic rings. The zero-order chi connectivity index (χ0) is 22.2. The molecule has 0 fully saturated rings. The Hall–Kier alpha value is -3.23. The summed E-state index contributed by atoms with van der Waals surface area (Å²) in [4.78, 5) is 10.8. The molecule has 9 heteroatoms. The molecular formula is C22H30N4O5. The molecule has 2 aliphatic rings. The predicted molar refractivity (Wildman–Crippen MR) is 119 cm³/mol. The molecule has 1 aromatic carbocycles. The van der Waals surface area contributed by atoms with Crippen molar-refractivity contribution in [3.8, 4) is 17.2 Å². The molecule has 0 radical (unpaired) electrons. The quantitative estimate of drug-likeness (QED) is 0.171. The minimum Gasteiger partial charge on any atom is -0.493 e. The first-order valence-corrected chi connectivity index (χ1v) is 10.5. The second-order valence-corrected chi connectivity index (χ2v) is 7.45. The zero-order valence-electron chi connectivity index (χ0n) is 18.1. The zero-order valence-corrected chi connectivity index (χ0v) is 18.1. The maximum absolute atomic E-state index is 10.8. The fourth-order valence-electron chi connectivity index (χ4n) is 4.24. The van der Waals surface area contributed by atoms with E-state index in [1.165, 1.54) is 17.5 Å². The Kier molecular flexibility index (Phi) is 7.75. The lowest BCUT2D eigenvalue weighted by atomic mass is 9.95. The summed E-state index contributed by atoms with van der Waals surface area (Å²) in [7, 11) is 3.21. The first-order chi connectivity index (χ1) is 15.1. The predicted octanol–water partition coefficient (Wildman–Crippen LogP) is 3.07. The van der Waals surface area contributed by atoms with Crippen LogP contribution in [-0.2, 0) is 11.2 Å². The first kappa shape index (κ1) is 22.5. The molecule has 4 N–H and O–H groups in total. The van der Waals surface area contributed by atoms with Gasteiger partial charge in [-0.2, -0.15) is 10.2 Å². The van der Waals surface area contributed by atoms with Crippen LogP contribution in [0.5, 0.6) is 17.2 Å². The van der Waals surface area contributed by atoms with Crippen molar-refractivity contribution in [2.45, 2.75) is 51.4 Å². The summed E-state index contributed by atoms with van der Waals surface area (Å²) in [6, 6.07) is 2.02. The Labute approximate surface area is 181 Å². The normalized spacial score (nSPS) is 16.8. The third-order valence-electron chi connectivity index (χ3n) is 5.57. The highest BCUT2D eigenvalue weighted by molar-refractivity contribution is 6.09. The number of carboxylic acids is 1. The number of nitrogens with one attached hydrogen (secondary N) is 1. The molecule has 0 saturated carbocycles. The number of hydrogen-bond acceptors (Lipinski definition) is 7. The van der Waals surface area contributed by atoms with Crippen LogP contribution in [0.1, 0.15) is 56.1 Å². The van der Waals surface area contributed by atoms with Gasteiger partial charge in [0.05, 0.1) is 26.5 Å². The van der Waals surface area contributed by atoms with Crippen LogP contribution in [0.4, 0.5) is 0 Å². The molecule has 0 aromatic heterocycles. The van der Waals surface area contributed by atoms with E-state index >= 15 is 0 Å². The summed E-state index contributed by atoms with van der Waals surface area (Å²) in [6.45, 7) is 0.404. The number of benzene rings is 1. The van der Waals surface area contributed by atoms with E-state index in [4.69, 9.17) is 25.2 Å². The Bertz CT molecular complexity index is 908. The van der Waals surface area contributed by atoms with Crippen LogP contribution in [-0.4, -0.2) is 44.0 Å². The molecule has 0 amide bonds. The van der Waals surface area contributed by atoms with Crippen molar-refractivity contribution in [1.29, 1.82) is 0 Å². The molecule has 0 bridgehead atoms. The van der Waals surface area contributed by atoms with Gasteiger partial charge in [0.15, 0.2) is 11.5 Å². The van der Waals surface area contributed by atoms with Crippen LogP contribution in [0.25, 0.3) is 5.57 Å². The topological polar surface area (TPSA) is 128 Å². The van der Waals surface area contributed by atoms with Crippen LogP contribution in [0.2, 0.25) is 0 Å². The number of nitrogens with zero attached hydrogens (tertiary/aromatic N) is 2. The van der Waals surface area contributed by atoms with Gasteiger partial charge < -0.3 is 25.2 Å². The van der Waals surface area contributed by atoms with E-state index in [2.05, 4.69) is 15.6 Å². The van der Waals surface area contributed by atoms with Crippen LogP contribution < -0.4 is 25.5 Å². The average Bonchev–Trinajstić information content (AvgIpc) is 3.18. The number of rotatable bonds is 10. The number of methoxy groups -OCH3 is 2. The summed E-state index contributed by atoms with van der Waals surface area (Å²) < 4.78 is 17.5. The van der Waals surface area contributed by atoms with Crippen molar-refractivity contribution >= 4 is 23.6 Å². The number of unbranched alkanes of at least 4 members (excludes halogenated alkanes) is 1. The van der Waals surface area contributed by atoms with E-state index in [1.54, 1.807) is 14.2 Å². The van der Waals surface area contributed by atoms with E-state index in [-0.39, 0.29) is 6.42 Å². The fraction of sp³-hybridized carbons (Fsp3) is 0.500. The molecule has 31 heavy (non-hydrogen) atoms. The van der Waals surface area contributed by atoms with Crippen molar-refractivity contribution in [2.24, 2.45) is 16.0 Å². The molecule has 3 rings (SSSR count). The molecule has 2 aliphatic carbocycles. The Balaban J connectivity index is 2.01. The molecular weight excluding hydrogens is 400 g/mol. The van der Waals surface area contributed by atoms with Gasteiger partial charge >= 0.3 is 5.97 Å². The number of hydrogen-bond donors (Lipinski definition) is 3. The van der Waals surface area contributed by atoms with Crippen molar-refractivity contribution in [3.05, 3.63) is 22.8 Å². The third-order valence-corrected chi connectivity index (χ3v) is 5.57. The van der Waals surface area contributed by atoms with Gasteiger partial charge in [-0.25, -0.2) is 0 Å². The van der Waals surface area contributed by atoms with Gasteiger partial charge in [0, 0.05) is 12.0 Å². The van der Waals surface area contributed by atoms with E-state index in [0.717, 1.165) is 48.9 Å². The minimum absolute atomic E-state index is 0.130. The van der Waals surface area contributed by atoms with E-state index < -0.39 is 5.97 Å². The lowest BCUT2D eigenvalue weighted by molar-refractivity contribution is -0.137. The number of nitrogens with two attached hydrogens (primary N) is 1. The second kappa shape index (κ2) is 10.7. The smallest absolute Gasteiger partial charge is 0.303 e. The number of carbonyl (C=O) groups is 1. The standard InChI is InChI=1S/C22H30N4O5/c1-29-18-12-14-9-10-17(26-25-13-24-23)15-6-5-7-16(15)20(14)22(21(18)30-2)31-11-4-3-8-19(27)28/h12-13H,3-11,23H2,1-2H3,(H,24,25)(H,27,28). The van der Waals surface area contributed by atoms with Gasteiger partial charge in [-0.15, -0.1) is 0 Å². The van der Waals surface area contributed by atoms with Gasteiger partial charge in [-0.05, 0) is 67.7 Å². The van der Waals surface area contributed by atoms with Crippen molar-refractivity contribution in [3.63, 3.8) is 0 Å². The lowest BCUT2D eigenvalue weighted by Gasteiger charge is -2.21. The summed E-state index contributed by atoms with van der Waals surface area (Å²) in [6.07, 6.45) is 7.15. The van der Waals surface area contributed by atoms with Crippen molar-refractivity contribution in [2.75, 3.05) is 20.8 Å². The Morgan fingerprint density at radius 1 is 1.16 bits per heavy atom. The number of allylic oxidation sites excluding steroid dienone is 2. The summed E-state index contributed by atoms with van der Waals surface area (Å²) in [5.74, 6) is 6.22. The Morgan fingerprint density at radius 2 is 1.97 bits per heavy atom. The summed E-state index contributed by atoms with van der Waals surface area (Å²) in [5, 5.41) is 16.8. The number of aliphatic carboxylic acids is 1. The van der Waals surface area contributed by atoms with Gasteiger partial charge in [0.1, 0.15) is 6.34 Å². The molecule has 0 saturated heterocycles. The van der Waals surface area contributed by atoms with E-state index in [0.29, 0.717) is 36.7 Å². The lowest BCUT2D eigenvalue weighted by Crippen LogP contribution is -2.11. The van der Waals surface area contributed by atoms with Gasteiger partial charge in [0.25, 0.3) is 0 Å². The number of aryl methyl sites for hydroxylation is 1. The maximum atomic E-state index is 10.8. The highest BCUT2D eigenvalue weighted by Gasteiger charge is 2.31. The van der Waals surface area contributed by atoms with Crippen LogP contribution in [0, 0.1) is 0 Å². The molecule has 0 atom stereocenters. The largest absolute Gasteiger partial charge is 0.493 e. The average molecular weight is 431 g/mol. The third kappa shape index (κ3) is 5.10.